The Bertz CT molecular complexity index is 527. The third-order valence-corrected chi connectivity index (χ3v) is 5.16. The Morgan fingerprint density at radius 1 is 1.36 bits per heavy atom. The number of hydrogen-bond acceptors (Lipinski definition) is 4. The second-order valence-corrected chi connectivity index (χ2v) is 6.97. The SMILES string of the molecule is Fc1cccnc1O[C@@H]1COC2(CCN(CC3CC3)CC2)C1. The molecule has 5 heteroatoms. The summed E-state index contributed by atoms with van der Waals surface area (Å²) in [5.74, 6) is 0.642. The third-order valence-electron chi connectivity index (χ3n) is 5.16. The monoisotopic (exact) mass is 306 g/mol. The van der Waals surface area contributed by atoms with E-state index in [2.05, 4.69) is 9.88 Å². The van der Waals surface area contributed by atoms with E-state index in [1.807, 2.05) is 0 Å². The van der Waals surface area contributed by atoms with Crippen molar-refractivity contribution in [2.45, 2.75) is 43.8 Å². The van der Waals surface area contributed by atoms with Crippen LogP contribution in [-0.4, -0.2) is 47.8 Å². The number of halogens is 1. The van der Waals surface area contributed by atoms with E-state index in [1.165, 1.54) is 25.5 Å². The van der Waals surface area contributed by atoms with Crippen LogP contribution in [0, 0.1) is 11.7 Å². The van der Waals surface area contributed by atoms with E-state index in [1.54, 1.807) is 12.3 Å². The highest BCUT2D eigenvalue weighted by Gasteiger charge is 2.44. The van der Waals surface area contributed by atoms with Crippen molar-refractivity contribution < 1.29 is 13.9 Å². The summed E-state index contributed by atoms with van der Waals surface area (Å²) >= 11 is 0. The smallest absolute Gasteiger partial charge is 0.250 e. The number of likely N-dealkylation sites (tertiary alicyclic amines) is 1. The van der Waals surface area contributed by atoms with E-state index in [-0.39, 0.29) is 17.6 Å². The molecule has 0 amide bonds. The molecule has 1 aliphatic carbocycles. The van der Waals surface area contributed by atoms with E-state index in [0.717, 1.165) is 38.3 Å². The molecule has 0 N–H and O–H groups in total. The molecule has 22 heavy (non-hydrogen) atoms. The van der Waals surface area contributed by atoms with Crippen molar-refractivity contribution in [2.75, 3.05) is 26.2 Å². The molecule has 2 aliphatic heterocycles. The molecule has 3 fully saturated rings. The maximum atomic E-state index is 13.6. The highest BCUT2D eigenvalue weighted by Crippen LogP contribution is 2.38. The van der Waals surface area contributed by atoms with Gasteiger partial charge in [0, 0.05) is 32.3 Å². The standard InChI is InChI=1S/C17H23FN2O2/c18-15-2-1-7-19-16(15)22-14-10-17(21-12-14)5-8-20(9-6-17)11-13-3-4-13/h1-2,7,13-14H,3-6,8-12H2/t14-/m0/s1. The fourth-order valence-corrected chi connectivity index (χ4v) is 3.65. The summed E-state index contributed by atoms with van der Waals surface area (Å²) in [7, 11) is 0. The van der Waals surface area contributed by atoms with E-state index < -0.39 is 5.82 Å². The van der Waals surface area contributed by atoms with Crippen LogP contribution < -0.4 is 4.74 Å². The van der Waals surface area contributed by atoms with Gasteiger partial charge in [-0.1, -0.05) is 0 Å². The molecule has 0 radical (unpaired) electrons. The number of aromatic nitrogens is 1. The Kier molecular flexibility index (Phi) is 3.78. The van der Waals surface area contributed by atoms with Crippen molar-refractivity contribution in [3.63, 3.8) is 0 Å². The van der Waals surface area contributed by atoms with Gasteiger partial charge in [-0.2, -0.15) is 0 Å². The maximum Gasteiger partial charge on any atom is 0.250 e. The average molecular weight is 306 g/mol. The molecule has 1 aromatic rings. The summed E-state index contributed by atoms with van der Waals surface area (Å²) in [6, 6.07) is 2.95. The Labute approximate surface area is 130 Å². The Hall–Kier alpha value is -1.20. The van der Waals surface area contributed by atoms with Crippen molar-refractivity contribution in [2.24, 2.45) is 5.92 Å². The Balaban J connectivity index is 1.31. The molecule has 1 saturated carbocycles. The van der Waals surface area contributed by atoms with Gasteiger partial charge in [0.25, 0.3) is 5.88 Å². The molecule has 4 rings (SSSR count). The fourth-order valence-electron chi connectivity index (χ4n) is 3.65. The van der Waals surface area contributed by atoms with Crippen LogP contribution in [0.15, 0.2) is 18.3 Å². The van der Waals surface area contributed by atoms with Gasteiger partial charge in [0.05, 0.1) is 12.2 Å². The van der Waals surface area contributed by atoms with Crippen LogP contribution in [0.5, 0.6) is 5.88 Å². The van der Waals surface area contributed by atoms with Crippen molar-refractivity contribution in [3.05, 3.63) is 24.1 Å². The largest absolute Gasteiger partial charge is 0.470 e. The minimum atomic E-state index is -0.400. The van der Waals surface area contributed by atoms with Crippen molar-refractivity contribution in [1.82, 2.24) is 9.88 Å². The summed E-state index contributed by atoms with van der Waals surface area (Å²) < 4.78 is 25.4. The number of hydrogen-bond donors (Lipinski definition) is 0. The normalized spacial score (nSPS) is 28.1. The van der Waals surface area contributed by atoms with Crippen LogP contribution >= 0.6 is 0 Å². The molecule has 1 atom stereocenters. The van der Waals surface area contributed by atoms with Gasteiger partial charge < -0.3 is 14.4 Å². The maximum absolute atomic E-state index is 13.6. The molecule has 2 saturated heterocycles. The van der Waals surface area contributed by atoms with E-state index in [9.17, 15) is 4.39 Å². The number of ether oxygens (including phenoxy) is 2. The summed E-state index contributed by atoms with van der Waals surface area (Å²) in [6.45, 7) is 4.02. The average Bonchev–Trinajstić information content (AvgIpc) is 3.26. The van der Waals surface area contributed by atoms with Crippen LogP contribution in [0.4, 0.5) is 4.39 Å². The molecule has 1 aromatic heterocycles. The first-order valence-electron chi connectivity index (χ1n) is 8.36. The molecular weight excluding hydrogens is 283 g/mol. The van der Waals surface area contributed by atoms with Crippen LogP contribution in [-0.2, 0) is 4.74 Å². The van der Waals surface area contributed by atoms with Crippen molar-refractivity contribution >= 4 is 0 Å². The summed E-state index contributed by atoms with van der Waals surface area (Å²) in [6.07, 6.45) is 7.25. The van der Waals surface area contributed by atoms with Gasteiger partial charge in [-0.15, -0.1) is 0 Å². The van der Waals surface area contributed by atoms with Gasteiger partial charge in [0.1, 0.15) is 6.10 Å². The summed E-state index contributed by atoms with van der Waals surface area (Å²) in [5.41, 5.74) is -0.0595. The first-order chi connectivity index (χ1) is 10.7. The third kappa shape index (κ3) is 3.10. The zero-order chi connectivity index (χ0) is 15.0. The molecule has 3 heterocycles. The van der Waals surface area contributed by atoms with E-state index >= 15 is 0 Å². The van der Waals surface area contributed by atoms with Crippen LogP contribution in [0.1, 0.15) is 32.1 Å². The van der Waals surface area contributed by atoms with Gasteiger partial charge >= 0.3 is 0 Å². The predicted molar refractivity (Wildman–Crippen MR) is 80.3 cm³/mol. The number of nitrogens with zero attached hydrogens (tertiary/aromatic N) is 2. The van der Waals surface area contributed by atoms with Crippen LogP contribution in [0.3, 0.4) is 0 Å². The zero-order valence-electron chi connectivity index (χ0n) is 12.8. The minimum absolute atomic E-state index is 0.0595. The lowest BCUT2D eigenvalue weighted by Gasteiger charge is -2.38. The molecule has 120 valence electrons. The summed E-state index contributed by atoms with van der Waals surface area (Å²) in [5, 5.41) is 0. The van der Waals surface area contributed by atoms with E-state index in [4.69, 9.17) is 9.47 Å². The number of rotatable bonds is 4. The Morgan fingerprint density at radius 2 is 2.18 bits per heavy atom. The lowest BCUT2D eigenvalue weighted by Crippen LogP contribution is -2.45. The zero-order valence-corrected chi connectivity index (χ0v) is 12.8. The van der Waals surface area contributed by atoms with Gasteiger partial charge in [-0.05, 0) is 43.7 Å². The highest BCUT2D eigenvalue weighted by atomic mass is 19.1. The summed E-state index contributed by atoms with van der Waals surface area (Å²) in [4.78, 5) is 6.53. The predicted octanol–water partition coefficient (Wildman–Crippen LogP) is 2.63. The van der Waals surface area contributed by atoms with Gasteiger partial charge in [-0.3, -0.25) is 0 Å². The second kappa shape index (κ2) is 5.78. The van der Waals surface area contributed by atoms with Gasteiger partial charge in [-0.25, -0.2) is 9.37 Å². The van der Waals surface area contributed by atoms with Gasteiger partial charge in [0.15, 0.2) is 5.82 Å². The molecule has 0 aromatic carbocycles. The van der Waals surface area contributed by atoms with E-state index in [0.29, 0.717) is 6.61 Å². The second-order valence-electron chi connectivity index (χ2n) is 6.97. The lowest BCUT2D eigenvalue weighted by atomic mass is 9.88. The molecule has 3 aliphatic rings. The number of pyridine rings is 1. The molecular formula is C17H23FN2O2. The lowest BCUT2D eigenvalue weighted by molar-refractivity contribution is -0.0447. The van der Waals surface area contributed by atoms with Gasteiger partial charge in [0.2, 0.25) is 0 Å². The first kappa shape index (κ1) is 14.4. The molecule has 0 unspecified atom stereocenters. The first-order valence-corrected chi connectivity index (χ1v) is 8.36. The fraction of sp³-hybridized carbons (Fsp3) is 0.706. The number of piperidine rings is 1. The topological polar surface area (TPSA) is 34.6 Å². The molecule has 0 bridgehead atoms. The molecule has 4 nitrogen and oxygen atoms in total. The Morgan fingerprint density at radius 3 is 2.91 bits per heavy atom. The van der Waals surface area contributed by atoms with Crippen LogP contribution in [0.2, 0.25) is 0 Å². The molecule has 1 spiro atoms. The minimum Gasteiger partial charge on any atom is -0.470 e. The highest BCUT2D eigenvalue weighted by molar-refractivity contribution is 5.13. The quantitative estimate of drug-likeness (QED) is 0.856. The van der Waals surface area contributed by atoms with Crippen molar-refractivity contribution in [1.29, 1.82) is 0 Å². The van der Waals surface area contributed by atoms with Crippen molar-refractivity contribution in [3.8, 4) is 5.88 Å². The van der Waals surface area contributed by atoms with Crippen LogP contribution in [0.25, 0.3) is 0 Å².